The Bertz CT molecular complexity index is 1090. The molecule has 0 aliphatic heterocycles. The van der Waals surface area contributed by atoms with Gasteiger partial charge in [-0.1, -0.05) is 132 Å². The van der Waals surface area contributed by atoms with E-state index < -0.39 is 36.0 Å². The summed E-state index contributed by atoms with van der Waals surface area (Å²) in [5.41, 5.74) is 5.41. The SMILES string of the molecule is CC(CC1CCC([Si](C)(C)[Si](C)(C)C2CCC3C2CC2CCCC2C3c2ccccc2)C1)c1ccccc1.[CH3-].[CH3-].[Cl][Zr+2][Cl]. The van der Waals surface area contributed by atoms with Gasteiger partial charge in [-0.3, -0.25) is 0 Å². The van der Waals surface area contributed by atoms with Crippen LogP contribution >= 0.6 is 17.0 Å². The van der Waals surface area contributed by atoms with Gasteiger partial charge >= 0.3 is 37.9 Å². The number of hydrogen-bond acceptors (Lipinski definition) is 0. The number of benzene rings is 2. The minimum absolute atomic E-state index is 0. The van der Waals surface area contributed by atoms with Crippen LogP contribution in [0.3, 0.4) is 0 Å². The molecule has 4 aliphatic rings. The van der Waals surface area contributed by atoms with Crippen LogP contribution in [0, 0.1) is 44.4 Å². The summed E-state index contributed by atoms with van der Waals surface area (Å²) in [5.74, 6) is 6.53. The molecule has 0 amide bonds. The van der Waals surface area contributed by atoms with Crippen LogP contribution < -0.4 is 0 Å². The summed E-state index contributed by atoms with van der Waals surface area (Å²) in [6.07, 6.45) is 15.2. The topological polar surface area (TPSA) is 0 Å². The van der Waals surface area contributed by atoms with Crippen molar-refractivity contribution in [2.75, 3.05) is 0 Å². The van der Waals surface area contributed by atoms with Gasteiger partial charge in [-0.15, -0.1) is 0 Å². The van der Waals surface area contributed by atoms with Crippen molar-refractivity contribution in [2.24, 2.45) is 29.6 Å². The van der Waals surface area contributed by atoms with Crippen LogP contribution in [0.25, 0.3) is 0 Å². The first-order chi connectivity index (χ1) is 19.7. The summed E-state index contributed by atoms with van der Waals surface area (Å²) >= 11 is -0.826. The van der Waals surface area contributed by atoms with Gasteiger partial charge in [-0.2, -0.15) is 0 Å². The molecule has 6 rings (SSSR count). The molecule has 0 saturated heterocycles. The van der Waals surface area contributed by atoms with E-state index in [1.807, 2.05) is 0 Å². The van der Waals surface area contributed by atoms with E-state index in [2.05, 4.69) is 93.8 Å². The first kappa shape index (κ1) is 37.8. The fraction of sp³-hybridized carbons (Fsp3) is 0.632. The zero-order chi connectivity index (χ0) is 29.2. The summed E-state index contributed by atoms with van der Waals surface area (Å²) < 4.78 is 0. The molecule has 9 unspecified atom stereocenters. The van der Waals surface area contributed by atoms with Gasteiger partial charge < -0.3 is 14.9 Å². The van der Waals surface area contributed by atoms with Gasteiger partial charge in [0.05, 0.1) is 0 Å². The van der Waals surface area contributed by atoms with Crippen molar-refractivity contribution in [3.8, 4) is 0 Å². The molecule has 9 atom stereocenters. The molecule has 4 fully saturated rings. The van der Waals surface area contributed by atoms with E-state index in [1.165, 1.54) is 38.5 Å². The Morgan fingerprint density at radius 3 is 2.00 bits per heavy atom. The first-order valence-corrected chi connectivity index (χ1v) is 30.2. The average molecular weight is 735 g/mol. The maximum absolute atomic E-state index is 4.93. The summed E-state index contributed by atoms with van der Waals surface area (Å²) in [5, 5.41) is 0. The van der Waals surface area contributed by atoms with Crippen molar-refractivity contribution in [3.63, 3.8) is 0 Å². The quantitative estimate of drug-likeness (QED) is 0.196. The Morgan fingerprint density at radius 2 is 1.35 bits per heavy atom. The molecule has 0 nitrogen and oxygen atoms in total. The molecule has 238 valence electrons. The van der Waals surface area contributed by atoms with Crippen molar-refractivity contribution in [2.45, 2.75) is 120 Å². The normalized spacial score (nSPS) is 32.2. The fourth-order valence-electron chi connectivity index (χ4n) is 10.8. The van der Waals surface area contributed by atoms with Gasteiger partial charge in [0.15, 0.2) is 0 Å². The molecule has 4 saturated carbocycles. The van der Waals surface area contributed by atoms with Crippen molar-refractivity contribution < 1.29 is 20.8 Å². The van der Waals surface area contributed by atoms with Crippen LogP contribution in [-0.4, -0.2) is 15.2 Å². The van der Waals surface area contributed by atoms with E-state index in [0.717, 1.165) is 46.6 Å². The van der Waals surface area contributed by atoms with Crippen LogP contribution in [0.1, 0.15) is 94.1 Å². The Labute approximate surface area is 287 Å². The van der Waals surface area contributed by atoms with E-state index in [9.17, 15) is 0 Å². The van der Waals surface area contributed by atoms with E-state index >= 15 is 0 Å². The van der Waals surface area contributed by atoms with E-state index in [1.54, 1.807) is 36.8 Å². The van der Waals surface area contributed by atoms with E-state index in [4.69, 9.17) is 17.0 Å². The Kier molecular flexibility index (Phi) is 14.4. The standard InChI is InChI=1S/C36H54Si2.2CH3.2ClH.Zr/c1-26(28-13-8-6-9-14-28)23-27-19-20-31(24-27)37(2,3)38(4,5)35-22-21-33-34(35)25-30-17-12-18-32(30)36(33)29-15-10-7-11-16-29;;;;;/h6-11,13-16,26-27,30-36H,12,17-25H2,1-5H3;2*1H3;2*1H;/q;2*-1;;;+4/p-2. The van der Waals surface area contributed by atoms with Crippen LogP contribution in [0.4, 0.5) is 0 Å². The monoisotopic (exact) mass is 732 g/mol. The molecule has 43 heavy (non-hydrogen) atoms. The zero-order valence-corrected chi connectivity index (χ0v) is 34.3. The average Bonchev–Trinajstić information content (AvgIpc) is 3.73. The number of fused-ring (bicyclic) bond motifs is 2. The number of halogens is 2. The number of hydrogen-bond donors (Lipinski definition) is 0. The van der Waals surface area contributed by atoms with Gasteiger partial charge in [0, 0.05) is 15.2 Å². The molecule has 0 radical (unpaired) electrons. The van der Waals surface area contributed by atoms with Gasteiger partial charge in [0.25, 0.3) is 0 Å². The van der Waals surface area contributed by atoms with Gasteiger partial charge in [-0.05, 0) is 89.3 Å². The third kappa shape index (κ3) is 7.91. The first-order valence-electron chi connectivity index (χ1n) is 16.7. The van der Waals surface area contributed by atoms with Gasteiger partial charge in [0.1, 0.15) is 0 Å². The second-order valence-corrected chi connectivity index (χ2v) is 35.4. The Balaban J connectivity index is 0.000000973. The summed E-state index contributed by atoms with van der Waals surface area (Å²) in [7, 11) is 7.22. The molecule has 0 spiro atoms. The minimum atomic E-state index is -1.34. The predicted molar refractivity (Wildman–Crippen MR) is 195 cm³/mol. The molecular weight excluding hydrogens is 675 g/mol. The summed E-state index contributed by atoms with van der Waals surface area (Å²) in [6.45, 7) is 14.1. The molecule has 5 heteroatoms. The molecule has 2 aromatic carbocycles. The maximum atomic E-state index is 4.93. The molecule has 2 aromatic rings. The molecule has 0 bridgehead atoms. The van der Waals surface area contributed by atoms with Crippen molar-refractivity contribution in [1.82, 2.24) is 0 Å². The van der Waals surface area contributed by atoms with Crippen LogP contribution in [0.5, 0.6) is 0 Å². The fourth-order valence-corrected chi connectivity index (χ4v) is 24.9. The third-order valence-corrected chi connectivity index (χ3v) is 34.2. The second kappa shape index (κ2) is 16.4. The van der Waals surface area contributed by atoms with Crippen LogP contribution in [0.15, 0.2) is 60.7 Å². The molecule has 0 N–H and O–H groups in total. The Hall–Kier alpha value is 0.337. The van der Waals surface area contributed by atoms with E-state index in [-0.39, 0.29) is 14.9 Å². The zero-order valence-electron chi connectivity index (χ0n) is 28.3. The molecular formula is C38H60Cl2Si2Zr. The van der Waals surface area contributed by atoms with E-state index in [0.29, 0.717) is 5.92 Å². The molecule has 0 aromatic heterocycles. The number of rotatable bonds is 7. The second-order valence-electron chi connectivity index (χ2n) is 15.5. The molecule has 4 aliphatic carbocycles. The van der Waals surface area contributed by atoms with Crippen molar-refractivity contribution >= 4 is 32.2 Å². The van der Waals surface area contributed by atoms with Crippen LogP contribution in [-0.2, 0) is 20.8 Å². The molecule has 0 heterocycles. The van der Waals surface area contributed by atoms with Gasteiger partial charge in [0.2, 0.25) is 0 Å². The van der Waals surface area contributed by atoms with Gasteiger partial charge in [-0.25, -0.2) is 0 Å². The summed E-state index contributed by atoms with van der Waals surface area (Å²) in [4.78, 5) is 0. The van der Waals surface area contributed by atoms with Crippen molar-refractivity contribution in [3.05, 3.63) is 86.6 Å². The van der Waals surface area contributed by atoms with Crippen LogP contribution in [0.2, 0.25) is 37.3 Å². The van der Waals surface area contributed by atoms with Crippen molar-refractivity contribution in [1.29, 1.82) is 0 Å². The third-order valence-electron chi connectivity index (χ3n) is 13.5. The predicted octanol–water partition coefficient (Wildman–Crippen LogP) is 13.1. The summed E-state index contributed by atoms with van der Waals surface area (Å²) in [6, 6.07) is 23.2. The Morgan fingerprint density at radius 1 is 0.721 bits per heavy atom.